The zero-order valence-electron chi connectivity index (χ0n) is 10.3. The third-order valence-electron chi connectivity index (χ3n) is 4.08. The average molecular weight is 351 g/mol. The molecule has 1 aromatic rings. The van der Waals surface area contributed by atoms with Gasteiger partial charge in [-0.1, -0.05) is 12.8 Å². The molecule has 1 heterocycles. The molecule has 1 aromatic heterocycles. The first-order valence-electron chi connectivity index (χ1n) is 6.42. The van der Waals surface area contributed by atoms with Crippen molar-refractivity contribution in [1.82, 2.24) is 4.98 Å². The summed E-state index contributed by atoms with van der Waals surface area (Å²) in [5, 5.41) is 0. The first-order chi connectivity index (χ1) is 8.70. The van der Waals surface area contributed by atoms with Crippen molar-refractivity contribution < 1.29 is 0 Å². The van der Waals surface area contributed by atoms with Gasteiger partial charge < -0.3 is 0 Å². The molecule has 0 atom stereocenters. The molecular formula is C14H18BrCl2N. The van der Waals surface area contributed by atoms with E-state index in [1.165, 1.54) is 25.7 Å². The predicted octanol–water partition coefficient (Wildman–Crippen LogP) is 5.04. The van der Waals surface area contributed by atoms with Gasteiger partial charge in [0.15, 0.2) is 0 Å². The monoisotopic (exact) mass is 349 g/mol. The van der Waals surface area contributed by atoms with E-state index in [0.29, 0.717) is 17.7 Å². The van der Waals surface area contributed by atoms with Crippen molar-refractivity contribution in [1.29, 1.82) is 0 Å². The maximum absolute atomic E-state index is 6.26. The number of halogens is 3. The smallest absolute Gasteiger partial charge is 0.0413 e. The minimum Gasteiger partial charge on any atom is -0.260 e. The molecule has 1 aliphatic rings. The summed E-state index contributed by atoms with van der Waals surface area (Å²) in [6.45, 7) is 0. The fraction of sp³-hybridized carbons (Fsp3) is 0.643. The SMILES string of the molecule is ClCC(CCl)(Cc1ccc(Br)cn1)C1CCCC1. The van der Waals surface area contributed by atoms with Crippen molar-refractivity contribution in [3.63, 3.8) is 0 Å². The summed E-state index contributed by atoms with van der Waals surface area (Å²) in [4.78, 5) is 4.47. The molecule has 1 fully saturated rings. The average Bonchev–Trinajstić information content (AvgIpc) is 2.93. The summed E-state index contributed by atoms with van der Waals surface area (Å²) in [5.74, 6) is 1.90. The number of aromatic nitrogens is 1. The second kappa shape index (κ2) is 6.58. The van der Waals surface area contributed by atoms with Crippen LogP contribution >= 0.6 is 39.1 Å². The van der Waals surface area contributed by atoms with Gasteiger partial charge in [-0.05, 0) is 53.2 Å². The number of pyridine rings is 1. The van der Waals surface area contributed by atoms with Crippen LogP contribution in [-0.2, 0) is 6.42 Å². The van der Waals surface area contributed by atoms with Gasteiger partial charge in [0.25, 0.3) is 0 Å². The van der Waals surface area contributed by atoms with E-state index < -0.39 is 0 Å². The Morgan fingerprint density at radius 1 is 1.22 bits per heavy atom. The van der Waals surface area contributed by atoms with Crippen LogP contribution in [0.25, 0.3) is 0 Å². The molecule has 100 valence electrons. The fourth-order valence-electron chi connectivity index (χ4n) is 2.90. The Bertz CT molecular complexity index is 370. The molecule has 0 N–H and O–H groups in total. The number of nitrogens with zero attached hydrogens (tertiary/aromatic N) is 1. The largest absolute Gasteiger partial charge is 0.260 e. The Kier molecular flexibility index (Phi) is 5.35. The van der Waals surface area contributed by atoms with Crippen molar-refractivity contribution in [3.8, 4) is 0 Å². The van der Waals surface area contributed by atoms with E-state index in [-0.39, 0.29) is 5.41 Å². The van der Waals surface area contributed by atoms with Crippen molar-refractivity contribution in [2.75, 3.05) is 11.8 Å². The summed E-state index contributed by atoms with van der Waals surface area (Å²) in [7, 11) is 0. The van der Waals surface area contributed by atoms with Crippen molar-refractivity contribution in [2.24, 2.45) is 11.3 Å². The van der Waals surface area contributed by atoms with Gasteiger partial charge in [-0.15, -0.1) is 23.2 Å². The van der Waals surface area contributed by atoms with E-state index in [4.69, 9.17) is 23.2 Å². The fourth-order valence-corrected chi connectivity index (χ4v) is 4.05. The maximum Gasteiger partial charge on any atom is 0.0413 e. The van der Waals surface area contributed by atoms with Crippen molar-refractivity contribution >= 4 is 39.1 Å². The highest BCUT2D eigenvalue weighted by molar-refractivity contribution is 9.10. The van der Waals surface area contributed by atoms with Gasteiger partial charge in [-0.2, -0.15) is 0 Å². The Balaban J connectivity index is 2.16. The van der Waals surface area contributed by atoms with Gasteiger partial charge in [0.05, 0.1) is 0 Å². The van der Waals surface area contributed by atoms with E-state index >= 15 is 0 Å². The molecule has 0 aromatic carbocycles. The molecule has 1 aliphatic carbocycles. The highest BCUT2D eigenvalue weighted by Crippen LogP contribution is 2.43. The Hall–Kier alpha value is 0.210. The van der Waals surface area contributed by atoms with Gasteiger partial charge in [-0.3, -0.25) is 4.98 Å². The van der Waals surface area contributed by atoms with Crippen LogP contribution in [0.1, 0.15) is 31.4 Å². The predicted molar refractivity (Wildman–Crippen MR) is 81.5 cm³/mol. The van der Waals surface area contributed by atoms with Crippen LogP contribution in [0.5, 0.6) is 0 Å². The lowest BCUT2D eigenvalue weighted by Crippen LogP contribution is -2.36. The standard InChI is InChI=1S/C14H18BrCl2N/c15-12-5-6-13(18-8-12)7-14(9-16,10-17)11-3-1-2-4-11/h5-6,8,11H,1-4,7,9-10H2. The molecule has 18 heavy (non-hydrogen) atoms. The summed E-state index contributed by atoms with van der Waals surface area (Å²) < 4.78 is 1.01. The van der Waals surface area contributed by atoms with E-state index in [1.807, 2.05) is 12.3 Å². The summed E-state index contributed by atoms with van der Waals surface area (Å²) in [6, 6.07) is 4.09. The molecule has 0 unspecified atom stereocenters. The van der Waals surface area contributed by atoms with Crippen LogP contribution in [-0.4, -0.2) is 16.7 Å². The van der Waals surface area contributed by atoms with Gasteiger partial charge >= 0.3 is 0 Å². The van der Waals surface area contributed by atoms with E-state index in [0.717, 1.165) is 16.6 Å². The first kappa shape index (κ1) is 14.6. The number of rotatable bonds is 5. The van der Waals surface area contributed by atoms with Crippen LogP contribution in [0, 0.1) is 11.3 Å². The third-order valence-corrected chi connectivity index (χ3v) is 5.61. The molecule has 0 saturated heterocycles. The minimum absolute atomic E-state index is 0.0143. The molecule has 0 aliphatic heterocycles. The lowest BCUT2D eigenvalue weighted by atomic mass is 9.74. The normalized spacial score (nSPS) is 17.3. The quantitative estimate of drug-likeness (QED) is 0.678. The van der Waals surface area contributed by atoms with Gasteiger partial charge in [0.1, 0.15) is 0 Å². The van der Waals surface area contributed by atoms with Gasteiger partial charge in [-0.25, -0.2) is 0 Å². The topological polar surface area (TPSA) is 12.9 Å². The van der Waals surface area contributed by atoms with Crippen molar-refractivity contribution in [3.05, 3.63) is 28.5 Å². The van der Waals surface area contributed by atoms with Crippen LogP contribution in [0.2, 0.25) is 0 Å². The van der Waals surface area contributed by atoms with E-state index in [1.54, 1.807) is 0 Å². The molecule has 1 saturated carbocycles. The number of alkyl halides is 2. The summed E-state index contributed by atoms with van der Waals surface area (Å²) in [5.41, 5.74) is 1.10. The Morgan fingerprint density at radius 3 is 2.39 bits per heavy atom. The zero-order chi connectivity index (χ0) is 13.0. The van der Waals surface area contributed by atoms with Crippen LogP contribution in [0.4, 0.5) is 0 Å². The molecule has 2 rings (SSSR count). The Morgan fingerprint density at radius 2 is 1.89 bits per heavy atom. The van der Waals surface area contributed by atoms with Gasteiger partial charge in [0, 0.05) is 33.5 Å². The molecular weight excluding hydrogens is 333 g/mol. The Labute approximate surface area is 127 Å². The molecule has 4 heteroatoms. The summed E-state index contributed by atoms with van der Waals surface area (Å²) >= 11 is 15.9. The second-order valence-corrected chi connectivity index (χ2v) is 6.71. The van der Waals surface area contributed by atoms with Crippen LogP contribution in [0.3, 0.4) is 0 Å². The van der Waals surface area contributed by atoms with Gasteiger partial charge in [0.2, 0.25) is 0 Å². The van der Waals surface area contributed by atoms with Crippen LogP contribution in [0.15, 0.2) is 22.8 Å². The van der Waals surface area contributed by atoms with Crippen molar-refractivity contribution in [2.45, 2.75) is 32.1 Å². The van der Waals surface area contributed by atoms with E-state index in [9.17, 15) is 0 Å². The second-order valence-electron chi connectivity index (χ2n) is 5.26. The number of hydrogen-bond donors (Lipinski definition) is 0. The molecule has 0 spiro atoms. The molecule has 0 bridgehead atoms. The number of hydrogen-bond acceptors (Lipinski definition) is 1. The van der Waals surface area contributed by atoms with E-state index in [2.05, 4.69) is 27.0 Å². The molecule has 0 radical (unpaired) electrons. The minimum atomic E-state index is 0.0143. The zero-order valence-corrected chi connectivity index (χ0v) is 13.4. The lowest BCUT2D eigenvalue weighted by Gasteiger charge is -2.35. The summed E-state index contributed by atoms with van der Waals surface area (Å²) in [6.07, 6.45) is 7.88. The highest BCUT2D eigenvalue weighted by atomic mass is 79.9. The molecule has 0 amide bonds. The maximum atomic E-state index is 6.26. The lowest BCUT2D eigenvalue weighted by molar-refractivity contribution is 0.223. The third kappa shape index (κ3) is 3.20. The first-order valence-corrected chi connectivity index (χ1v) is 8.29. The molecule has 1 nitrogen and oxygen atoms in total. The highest BCUT2D eigenvalue weighted by Gasteiger charge is 2.39. The van der Waals surface area contributed by atoms with Crippen LogP contribution < -0.4 is 0 Å².